The van der Waals surface area contributed by atoms with E-state index in [1.807, 2.05) is 32.0 Å². The predicted molar refractivity (Wildman–Crippen MR) is 162 cm³/mol. The largest absolute Gasteiger partial charge is 0.480 e. The number of carbonyl (C=O) groups excluding carboxylic acids is 2. The van der Waals surface area contributed by atoms with Gasteiger partial charge in [-0.2, -0.15) is 0 Å². The van der Waals surface area contributed by atoms with E-state index in [1.165, 1.54) is 11.8 Å². The number of hydrogen-bond acceptors (Lipinski definition) is 6. The van der Waals surface area contributed by atoms with Crippen molar-refractivity contribution in [3.8, 4) is 0 Å². The van der Waals surface area contributed by atoms with Gasteiger partial charge in [0.05, 0.1) is 18.2 Å². The lowest BCUT2D eigenvalue weighted by molar-refractivity contribution is -0.142. The molecule has 0 aromatic heterocycles. The normalized spacial score (nSPS) is 19.5. The molecule has 3 rings (SSSR count). The molecule has 0 heterocycles. The number of amides is 2. The van der Waals surface area contributed by atoms with Gasteiger partial charge in [0, 0.05) is 34.9 Å². The van der Waals surface area contributed by atoms with Crippen LogP contribution in [0.5, 0.6) is 0 Å². The highest BCUT2D eigenvalue weighted by molar-refractivity contribution is 7.99. The SMILES string of the molecule is CCC(CC)O[C@@H]1C=C(C(=O)N[C@@H](C(=O)O)C(C)C)C[C@H](NCc2ccc(Sc3ccccc3)cc2)[C@H]1NC(C)=O. The average molecular weight is 582 g/mol. The van der Waals surface area contributed by atoms with Gasteiger partial charge >= 0.3 is 5.97 Å². The second-order valence-corrected chi connectivity index (χ2v) is 11.9. The highest BCUT2D eigenvalue weighted by Crippen LogP contribution is 2.28. The second-order valence-electron chi connectivity index (χ2n) is 10.7. The fourth-order valence-electron chi connectivity index (χ4n) is 4.87. The quantitative estimate of drug-likeness (QED) is 0.250. The molecule has 0 saturated heterocycles. The first-order valence-corrected chi connectivity index (χ1v) is 15.1. The van der Waals surface area contributed by atoms with Crippen LogP contribution < -0.4 is 16.0 Å². The monoisotopic (exact) mass is 581 g/mol. The first-order valence-electron chi connectivity index (χ1n) is 14.3. The minimum Gasteiger partial charge on any atom is -0.480 e. The van der Waals surface area contributed by atoms with E-state index in [0.29, 0.717) is 18.5 Å². The molecule has 0 saturated carbocycles. The van der Waals surface area contributed by atoms with Crippen molar-refractivity contribution in [1.29, 1.82) is 0 Å². The van der Waals surface area contributed by atoms with Gasteiger partial charge in [-0.05, 0) is 61.1 Å². The maximum atomic E-state index is 13.3. The van der Waals surface area contributed by atoms with E-state index in [-0.39, 0.29) is 24.0 Å². The van der Waals surface area contributed by atoms with Crippen molar-refractivity contribution in [2.45, 2.75) is 101 Å². The van der Waals surface area contributed by atoms with Crippen molar-refractivity contribution < 1.29 is 24.2 Å². The van der Waals surface area contributed by atoms with Gasteiger partial charge in [-0.3, -0.25) is 9.59 Å². The number of carboxylic acids is 1. The highest BCUT2D eigenvalue weighted by atomic mass is 32.2. The van der Waals surface area contributed by atoms with Crippen LogP contribution >= 0.6 is 11.8 Å². The molecule has 222 valence electrons. The Balaban J connectivity index is 1.81. The molecule has 2 amide bonds. The lowest BCUT2D eigenvalue weighted by Crippen LogP contribution is -2.59. The molecule has 1 aliphatic rings. The van der Waals surface area contributed by atoms with Crippen LogP contribution in [0, 0.1) is 5.92 Å². The molecule has 0 spiro atoms. The van der Waals surface area contributed by atoms with E-state index in [1.54, 1.807) is 31.7 Å². The molecule has 0 aliphatic heterocycles. The van der Waals surface area contributed by atoms with Crippen LogP contribution in [0.4, 0.5) is 0 Å². The number of carboxylic acid groups (broad SMARTS) is 1. The third kappa shape index (κ3) is 9.73. The molecule has 8 nitrogen and oxygen atoms in total. The zero-order valence-electron chi connectivity index (χ0n) is 24.6. The smallest absolute Gasteiger partial charge is 0.326 e. The summed E-state index contributed by atoms with van der Waals surface area (Å²) < 4.78 is 6.41. The van der Waals surface area contributed by atoms with Crippen LogP contribution in [-0.2, 0) is 25.7 Å². The van der Waals surface area contributed by atoms with Gasteiger partial charge in [0.1, 0.15) is 6.04 Å². The molecule has 0 radical (unpaired) electrons. The number of aliphatic carboxylic acids is 1. The first kappa shape index (κ1) is 32.4. The molecule has 4 atom stereocenters. The van der Waals surface area contributed by atoms with Gasteiger partial charge in [0.25, 0.3) is 0 Å². The van der Waals surface area contributed by atoms with Crippen LogP contribution in [0.15, 0.2) is 76.0 Å². The zero-order valence-corrected chi connectivity index (χ0v) is 25.4. The summed E-state index contributed by atoms with van der Waals surface area (Å²) in [6.45, 7) is 9.59. The van der Waals surface area contributed by atoms with E-state index >= 15 is 0 Å². The molecule has 4 N–H and O–H groups in total. The summed E-state index contributed by atoms with van der Waals surface area (Å²) in [6.07, 6.45) is 3.03. The lowest BCUT2D eigenvalue weighted by atomic mass is 9.86. The number of carbonyl (C=O) groups is 3. The molecule has 2 aromatic carbocycles. The Morgan fingerprint density at radius 3 is 2.20 bits per heavy atom. The highest BCUT2D eigenvalue weighted by Gasteiger charge is 2.38. The molecule has 0 bridgehead atoms. The molecule has 0 fully saturated rings. The van der Waals surface area contributed by atoms with E-state index in [9.17, 15) is 19.5 Å². The van der Waals surface area contributed by atoms with E-state index in [0.717, 1.165) is 23.3 Å². The summed E-state index contributed by atoms with van der Waals surface area (Å²) in [6, 6.07) is 16.8. The molecular weight excluding hydrogens is 538 g/mol. The van der Waals surface area contributed by atoms with Gasteiger partial charge in [0.2, 0.25) is 11.8 Å². The molecule has 2 aromatic rings. The standard InChI is InChI=1S/C32H43N3O5S/c1-6-24(7-2)40-28-18-23(31(37)35-29(20(3)4)32(38)39)17-27(30(28)34-21(5)36)33-19-22-13-15-26(16-14-22)41-25-11-9-8-10-12-25/h8-16,18,20,24,27-30,33H,6-7,17,19H2,1-5H3,(H,34,36)(H,35,37)(H,38,39)/t27-,28+,29+,30+/m0/s1. The van der Waals surface area contributed by atoms with Gasteiger partial charge in [-0.25, -0.2) is 4.79 Å². The van der Waals surface area contributed by atoms with Crippen molar-refractivity contribution in [2.24, 2.45) is 5.92 Å². The Labute approximate surface area is 247 Å². The van der Waals surface area contributed by atoms with Gasteiger partial charge in [-0.1, -0.05) is 69.8 Å². The molecule has 41 heavy (non-hydrogen) atoms. The zero-order chi connectivity index (χ0) is 29.9. The fourth-order valence-corrected chi connectivity index (χ4v) is 5.71. The van der Waals surface area contributed by atoms with Crippen molar-refractivity contribution in [3.63, 3.8) is 0 Å². The van der Waals surface area contributed by atoms with Crippen molar-refractivity contribution in [3.05, 3.63) is 71.8 Å². The Morgan fingerprint density at radius 1 is 1.00 bits per heavy atom. The number of benzene rings is 2. The molecule has 0 unspecified atom stereocenters. The first-order chi connectivity index (χ1) is 19.6. The molecule has 1 aliphatic carbocycles. The van der Waals surface area contributed by atoms with Crippen molar-refractivity contribution in [2.75, 3.05) is 0 Å². The third-order valence-electron chi connectivity index (χ3n) is 7.20. The molecule has 9 heteroatoms. The maximum absolute atomic E-state index is 13.3. The van der Waals surface area contributed by atoms with Gasteiger partial charge in [0.15, 0.2) is 0 Å². The lowest BCUT2D eigenvalue weighted by Gasteiger charge is -2.39. The van der Waals surface area contributed by atoms with Crippen LogP contribution in [0.1, 0.15) is 59.4 Å². The predicted octanol–water partition coefficient (Wildman–Crippen LogP) is 4.93. The van der Waals surface area contributed by atoms with Crippen LogP contribution in [0.3, 0.4) is 0 Å². The van der Waals surface area contributed by atoms with E-state index in [2.05, 4.69) is 52.3 Å². The Morgan fingerprint density at radius 2 is 1.63 bits per heavy atom. The number of rotatable bonds is 14. The van der Waals surface area contributed by atoms with Crippen LogP contribution in [0.25, 0.3) is 0 Å². The van der Waals surface area contributed by atoms with E-state index < -0.39 is 30.1 Å². The average Bonchev–Trinajstić information content (AvgIpc) is 2.95. The van der Waals surface area contributed by atoms with Crippen molar-refractivity contribution in [1.82, 2.24) is 16.0 Å². The Bertz CT molecular complexity index is 1180. The summed E-state index contributed by atoms with van der Waals surface area (Å²) in [5, 5.41) is 18.9. The topological polar surface area (TPSA) is 117 Å². The minimum absolute atomic E-state index is 0.0485. The van der Waals surface area contributed by atoms with Crippen molar-refractivity contribution >= 4 is 29.5 Å². The van der Waals surface area contributed by atoms with Crippen LogP contribution in [-0.4, -0.2) is 53.2 Å². The fraction of sp³-hybridized carbons (Fsp3) is 0.469. The Hall–Kier alpha value is -3.14. The minimum atomic E-state index is -1.07. The van der Waals surface area contributed by atoms with Gasteiger partial charge in [-0.15, -0.1) is 0 Å². The van der Waals surface area contributed by atoms with Gasteiger partial charge < -0.3 is 25.8 Å². The third-order valence-corrected chi connectivity index (χ3v) is 8.22. The summed E-state index contributed by atoms with van der Waals surface area (Å²) >= 11 is 1.69. The van der Waals surface area contributed by atoms with Crippen LogP contribution in [0.2, 0.25) is 0 Å². The number of ether oxygens (including phenoxy) is 1. The second kappa shape index (κ2) is 15.7. The van der Waals surface area contributed by atoms with E-state index in [4.69, 9.17) is 4.74 Å². The maximum Gasteiger partial charge on any atom is 0.326 e. The number of hydrogen-bond donors (Lipinski definition) is 4. The Kier molecular flexibility index (Phi) is 12.4. The summed E-state index contributed by atoms with van der Waals surface area (Å²) in [4.78, 5) is 39.6. The summed E-state index contributed by atoms with van der Waals surface area (Å²) in [7, 11) is 0. The molecular formula is C32H43N3O5S. The number of nitrogens with one attached hydrogen (secondary N) is 3. The summed E-state index contributed by atoms with van der Waals surface area (Å²) in [5.41, 5.74) is 1.51. The summed E-state index contributed by atoms with van der Waals surface area (Å²) in [5.74, 6) is -1.97.